The zero-order valence-electron chi connectivity index (χ0n) is 12.1. The molecule has 1 amide bonds. The van der Waals surface area contributed by atoms with Gasteiger partial charge in [0, 0.05) is 25.6 Å². The molecule has 0 heterocycles. The lowest BCUT2D eigenvalue weighted by molar-refractivity contribution is -0.132. The topological polar surface area (TPSA) is 46.3 Å². The molecule has 19 heavy (non-hydrogen) atoms. The predicted octanol–water partition coefficient (Wildman–Crippen LogP) is 1.99. The first kappa shape index (κ1) is 14.1. The summed E-state index contributed by atoms with van der Waals surface area (Å²) in [6, 6.07) is 8.50. The molecular weight excluding hydrogens is 236 g/mol. The molecule has 0 aromatic heterocycles. The zero-order valence-corrected chi connectivity index (χ0v) is 12.1. The molecule has 1 aromatic rings. The van der Waals surface area contributed by atoms with Crippen LogP contribution in [0.25, 0.3) is 0 Å². The maximum atomic E-state index is 11.9. The number of carbonyl (C=O) groups is 1. The van der Waals surface area contributed by atoms with E-state index in [0.717, 1.165) is 25.7 Å². The van der Waals surface area contributed by atoms with Crippen LogP contribution in [0.4, 0.5) is 0 Å². The Balaban J connectivity index is 2.00. The summed E-state index contributed by atoms with van der Waals surface area (Å²) < 4.78 is 0. The first-order valence-electron chi connectivity index (χ1n) is 6.97. The van der Waals surface area contributed by atoms with Crippen LogP contribution >= 0.6 is 0 Å². The van der Waals surface area contributed by atoms with Crippen LogP contribution in [0.2, 0.25) is 0 Å². The van der Waals surface area contributed by atoms with E-state index in [1.54, 1.807) is 19.0 Å². The summed E-state index contributed by atoms with van der Waals surface area (Å²) in [5.41, 5.74) is 8.72. The molecule has 3 heteroatoms. The third-order valence-corrected chi connectivity index (χ3v) is 3.84. The van der Waals surface area contributed by atoms with E-state index in [0.29, 0.717) is 0 Å². The van der Waals surface area contributed by atoms with Crippen LogP contribution < -0.4 is 5.73 Å². The van der Waals surface area contributed by atoms with Crippen LogP contribution in [-0.2, 0) is 17.6 Å². The second-order valence-corrected chi connectivity index (χ2v) is 6.20. The maximum absolute atomic E-state index is 11.9. The highest BCUT2D eigenvalue weighted by Gasteiger charge is 2.37. The van der Waals surface area contributed by atoms with Gasteiger partial charge in [0.15, 0.2) is 0 Å². The average molecular weight is 260 g/mol. The Hall–Kier alpha value is -1.35. The van der Waals surface area contributed by atoms with Gasteiger partial charge in [0.1, 0.15) is 0 Å². The number of hydrogen-bond donors (Lipinski definition) is 1. The summed E-state index contributed by atoms with van der Waals surface area (Å²) in [6.07, 6.45) is 4.01. The fourth-order valence-corrected chi connectivity index (χ4v) is 2.49. The Morgan fingerprint density at radius 3 is 2.58 bits per heavy atom. The second kappa shape index (κ2) is 5.33. The lowest BCUT2D eigenvalue weighted by atomic mass is 9.96. The van der Waals surface area contributed by atoms with E-state index in [9.17, 15) is 4.79 Å². The van der Waals surface area contributed by atoms with Crippen LogP contribution in [0.3, 0.4) is 0 Å². The van der Waals surface area contributed by atoms with Gasteiger partial charge in [-0.05, 0) is 36.8 Å². The third kappa shape index (κ3) is 3.80. The van der Waals surface area contributed by atoms with Crippen LogP contribution in [0.1, 0.15) is 30.9 Å². The van der Waals surface area contributed by atoms with E-state index in [-0.39, 0.29) is 17.4 Å². The summed E-state index contributed by atoms with van der Waals surface area (Å²) in [6.45, 7) is 1.99. The normalized spacial score (nSPS) is 17.9. The van der Waals surface area contributed by atoms with Gasteiger partial charge in [-0.1, -0.05) is 31.2 Å². The van der Waals surface area contributed by atoms with Crippen LogP contribution in [0.5, 0.6) is 0 Å². The van der Waals surface area contributed by atoms with Gasteiger partial charge in [-0.15, -0.1) is 0 Å². The molecule has 2 rings (SSSR count). The molecule has 0 bridgehead atoms. The first-order valence-corrected chi connectivity index (χ1v) is 6.97. The average Bonchev–Trinajstić information content (AvgIpc) is 3.05. The third-order valence-electron chi connectivity index (χ3n) is 3.84. The molecule has 0 aliphatic heterocycles. The van der Waals surface area contributed by atoms with Crippen molar-refractivity contribution in [1.82, 2.24) is 4.90 Å². The molecule has 3 nitrogen and oxygen atoms in total. The molecule has 1 fully saturated rings. The SMILES string of the molecule is CC(Cc1cccc(CC2(N)CC2)c1)C(=O)N(C)C. The summed E-state index contributed by atoms with van der Waals surface area (Å²) in [5, 5.41) is 0. The van der Waals surface area contributed by atoms with Crippen molar-refractivity contribution in [3.05, 3.63) is 35.4 Å². The summed E-state index contributed by atoms with van der Waals surface area (Å²) in [4.78, 5) is 13.5. The monoisotopic (exact) mass is 260 g/mol. The minimum absolute atomic E-state index is 0.0259. The lowest BCUT2D eigenvalue weighted by Gasteiger charge is -2.17. The number of nitrogens with two attached hydrogens (primary N) is 1. The number of carbonyl (C=O) groups excluding carboxylic acids is 1. The van der Waals surface area contributed by atoms with Gasteiger partial charge in [0.25, 0.3) is 0 Å². The highest BCUT2D eigenvalue weighted by molar-refractivity contribution is 5.78. The molecule has 0 radical (unpaired) electrons. The van der Waals surface area contributed by atoms with Crippen LogP contribution in [0.15, 0.2) is 24.3 Å². The molecule has 1 aliphatic rings. The largest absolute Gasteiger partial charge is 0.349 e. The van der Waals surface area contributed by atoms with Gasteiger partial charge in [-0.2, -0.15) is 0 Å². The minimum Gasteiger partial charge on any atom is -0.349 e. The number of hydrogen-bond acceptors (Lipinski definition) is 2. The van der Waals surface area contributed by atoms with Crippen molar-refractivity contribution >= 4 is 5.91 Å². The number of amides is 1. The quantitative estimate of drug-likeness (QED) is 0.880. The van der Waals surface area contributed by atoms with E-state index < -0.39 is 0 Å². The fraction of sp³-hybridized carbons (Fsp3) is 0.562. The van der Waals surface area contributed by atoms with Crippen molar-refractivity contribution < 1.29 is 4.79 Å². The molecule has 0 spiro atoms. The van der Waals surface area contributed by atoms with E-state index in [1.165, 1.54) is 11.1 Å². The van der Waals surface area contributed by atoms with E-state index in [1.807, 2.05) is 6.92 Å². The van der Waals surface area contributed by atoms with Gasteiger partial charge in [0.2, 0.25) is 5.91 Å². The van der Waals surface area contributed by atoms with Gasteiger partial charge in [-0.3, -0.25) is 4.79 Å². The van der Waals surface area contributed by atoms with Crippen molar-refractivity contribution in [2.24, 2.45) is 11.7 Å². The van der Waals surface area contributed by atoms with Gasteiger partial charge in [-0.25, -0.2) is 0 Å². The molecule has 1 atom stereocenters. The second-order valence-electron chi connectivity index (χ2n) is 6.20. The highest BCUT2D eigenvalue weighted by Crippen LogP contribution is 2.35. The lowest BCUT2D eigenvalue weighted by Crippen LogP contribution is -2.29. The van der Waals surface area contributed by atoms with Crippen LogP contribution in [0, 0.1) is 5.92 Å². The fourth-order valence-electron chi connectivity index (χ4n) is 2.49. The number of benzene rings is 1. The molecule has 104 valence electrons. The summed E-state index contributed by atoms with van der Waals surface area (Å²) in [7, 11) is 3.61. The smallest absolute Gasteiger partial charge is 0.225 e. The van der Waals surface area contributed by atoms with Crippen molar-refractivity contribution in [3.63, 3.8) is 0 Å². The van der Waals surface area contributed by atoms with E-state index in [2.05, 4.69) is 24.3 Å². The maximum Gasteiger partial charge on any atom is 0.225 e. The van der Waals surface area contributed by atoms with Crippen molar-refractivity contribution in [2.75, 3.05) is 14.1 Å². The summed E-state index contributed by atoms with van der Waals surface area (Å²) >= 11 is 0. The Morgan fingerprint density at radius 2 is 2.00 bits per heavy atom. The highest BCUT2D eigenvalue weighted by atomic mass is 16.2. The Kier molecular flexibility index (Phi) is 3.95. The van der Waals surface area contributed by atoms with Gasteiger partial charge >= 0.3 is 0 Å². The standard InChI is InChI=1S/C16H24N2O/c1-12(15(19)18(2)3)9-13-5-4-6-14(10-13)11-16(17)7-8-16/h4-6,10,12H,7-9,11,17H2,1-3H3. The zero-order chi connectivity index (χ0) is 14.0. The molecule has 0 saturated heterocycles. The number of rotatable bonds is 5. The molecule has 1 saturated carbocycles. The Labute approximate surface area is 115 Å². The number of nitrogens with zero attached hydrogens (tertiary/aromatic N) is 1. The molecule has 1 aromatic carbocycles. The summed E-state index contributed by atoms with van der Waals surface area (Å²) in [5.74, 6) is 0.209. The van der Waals surface area contributed by atoms with Gasteiger partial charge in [0.05, 0.1) is 0 Å². The van der Waals surface area contributed by atoms with E-state index >= 15 is 0 Å². The van der Waals surface area contributed by atoms with Crippen molar-refractivity contribution in [2.45, 2.75) is 38.1 Å². The van der Waals surface area contributed by atoms with Crippen molar-refractivity contribution in [1.29, 1.82) is 0 Å². The molecule has 2 N–H and O–H groups in total. The molecule has 1 aliphatic carbocycles. The molecule has 1 unspecified atom stereocenters. The minimum atomic E-state index is 0.0259. The predicted molar refractivity (Wildman–Crippen MR) is 77.9 cm³/mol. The van der Waals surface area contributed by atoms with E-state index in [4.69, 9.17) is 5.73 Å². The molecular formula is C16H24N2O. The van der Waals surface area contributed by atoms with Crippen LogP contribution in [-0.4, -0.2) is 30.4 Å². The van der Waals surface area contributed by atoms with Crippen molar-refractivity contribution in [3.8, 4) is 0 Å². The van der Waals surface area contributed by atoms with Gasteiger partial charge < -0.3 is 10.6 Å². The Bertz CT molecular complexity index is 464. The first-order chi connectivity index (χ1) is 8.89. The Morgan fingerprint density at radius 1 is 1.37 bits per heavy atom.